The molecule has 1 aliphatic carbocycles. The monoisotopic (exact) mass is 684 g/mol. The zero-order valence-corrected chi connectivity index (χ0v) is 28.8. The van der Waals surface area contributed by atoms with Gasteiger partial charge < -0.3 is 24.0 Å². The zero-order chi connectivity index (χ0) is 33.0. The normalized spacial score (nSPS) is 27.8. The van der Waals surface area contributed by atoms with E-state index in [1.807, 2.05) is 18.2 Å². The molecular formula is C35H45ClN4O6S. The van der Waals surface area contributed by atoms with E-state index in [2.05, 4.69) is 38.3 Å². The molecule has 6 rings (SSSR count). The Bertz CT molecular complexity index is 1620. The van der Waals surface area contributed by atoms with Crippen LogP contribution >= 0.6 is 11.6 Å². The van der Waals surface area contributed by atoms with Gasteiger partial charge in [0.2, 0.25) is 0 Å². The molecule has 3 aliphatic heterocycles. The van der Waals surface area contributed by atoms with Gasteiger partial charge in [0.05, 0.1) is 43.3 Å². The van der Waals surface area contributed by atoms with Gasteiger partial charge in [0, 0.05) is 37.9 Å². The predicted molar refractivity (Wildman–Crippen MR) is 183 cm³/mol. The standard InChI is InChI=1S/C35H45ClN4O6S/c1-44-29-22-40(23-29)35(42)38-47(43)17-7-3-4-9-32(45-2)30-14-11-27(30)21-39-20-26-10-13-28(36)18-24(26)8-5-6-16-46-33-15-12-25(19-31(33)39)34(41)37-47/h4,9-10,12-13,15,18-19,27,29-30,32H,3,5-8,11,14,16-17,20-23H2,1-2H3,(H,37,38,41,42,43)/b9-4+/t27-,30+,32-,47?/m0/s1. The zero-order valence-electron chi connectivity index (χ0n) is 27.2. The Hall–Kier alpha value is -3.12. The van der Waals surface area contributed by atoms with Crippen LogP contribution in [0.15, 0.2) is 52.9 Å². The first-order valence-electron chi connectivity index (χ1n) is 16.6. The smallest absolute Gasteiger partial charge is 0.330 e. The van der Waals surface area contributed by atoms with Crippen LogP contribution < -0.4 is 14.4 Å². The number of carbonyl (C=O) groups excluding carboxylic acids is 2. The molecule has 1 saturated heterocycles. The number of rotatable bonds is 3. The molecule has 2 aromatic carbocycles. The number of likely N-dealkylation sites (tertiary alicyclic amines) is 1. The average Bonchev–Trinajstić information content (AvgIpc) is 3.04. The number of carbonyl (C=O) groups is 2. The van der Waals surface area contributed by atoms with Crippen molar-refractivity contribution in [2.75, 3.05) is 51.1 Å². The summed E-state index contributed by atoms with van der Waals surface area (Å²) in [5.74, 6) is 0.815. The van der Waals surface area contributed by atoms with Crippen molar-refractivity contribution in [1.29, 1.82) is 0 Å². The van der Waals surface area contributed by atoms with Crippen molar-refractivity contribution in [3.8, 4) is 5.75 Å². The first-order valence-corrected chi connectivity index (χ1v) is 18.7. The number of amides is 3. The van der Waals surface area contributed by atoms with E-state index in [1.165, 1.54) is 16.0 Å². The summed E-state index contributed by atoms with van der Waals surface area (Å²) in [5.41, 5.74) is 3.48. The number of aryl methyl sites for hydroxylation is 1. The highest BCUT2D eigenvalue weighted by Gasteiger charge is 2.38. The molecule has 4 aliphatic rings. The molecule has 0 radical (unpaired) electrons. The average molecular weight is 685 g/mol. The van der Waals surface area contributed by atoms with Crippen LogP contribution in [0.5, 0.6) is 5.75 Å². The van der Waals surface area contributed by atoms with Gasteiger partial charge in [-0.2, -0.15) is 0 Å². The number of hydrogen-bond acceptors (Lipinski definition) is 7. The summed E-state index contributed by atoms with van der Waals surface area (Å²) in [7, 11) is -0.0778. The molecule has 3 amide bonds. The molecule has 4 atom stereocenters. The van der Waals surface area contributed by atoms with E-state index in [9.17, 15) is 13.8 Å². The number of allylic oxidation sites excluding steroid dienone is 1. The van der Waals surface area contributed by atoms with E-state index in [4.69, 9.17) is 25.8 Å². The number of nitrogens with one attached hydrogen (secondary N) is 1. The minimum atomic E-state index is -3.42. The Labute approximate surface area is 283 Å². The highest BCUT2D eigenvalue weighted by atomic mass is 35.5. The van der Waals surface area contributed by atoms with Crippen molar-refractivity contribution in [3.05, 3.63) is 70.3 Å². The number of hydrogen-bond donors (Lipinski definition) is 1. The molecule has 1 N–H and O–H groups in total. The van der Waals surface area contributed by atoms with Gasteiger partial charge in [-0.15, -0.1) is 4.36 Å². The lowest BCUT2D eigenvalue weighted by Crippen LogP contribution is -2.58. The third kappa shape index (κ3) is 7.96. The van der Waals surface area contributed by atoms with Crippen molar-refractivity contribution in [2.45, 2.75) is 63.7 Å². The minimum Gasteiger partial charge on any atom is -0.491 e. The fourth-order valence-corrected chi connectivity index (χ4v) is 8.64. The molecule has 47 heavy (non-hydrogen) atoms. The van der Waals surface area contributed by atoms with Crippen LogP contribution in [0.25, 0.3) is 0 Å². The van der Waals surface area contributed by atoms with Crippen LogP contribution in [0, 0.1) is 11.8 Å². The van der Waals surface area contributed by atoms with Gasteiger partial charge in [0.1, 0.15) is 15.7 Å². The molecule has 2 fully saturated rings. The maximum Gasteiger partial charge on any atom is 0.330 e. The van der Waals surface area contributed by atoms with Gasteiger partial charge in [-0.25, -0.2) is 9.00 Å². The van der Waals surface area contributed by atoms with Gasteiger partial charge in [0.15, 0.2) is 0 Å². The first kappa shape index (κ1) is 33.8. The molecule has 1 saturated carbocycles. The fourth-order valence-electron chi connectivity index (χ4n) is 6.87. The Balaban J connectivity index is 1.40. The van der Waals surface area contributed by atoms with Gasteiger partial charge in [-0.1, -0.05) is 29.8 Å². The molecule has 2 aromatic rings. The maximum absolute atomic E-state index is 14.2. The lowest BCUT2D eigenvalue weighted by Gasteiger charge is -2.43. The van der Waals surface area contributed by atoms with Crippen LogP contribution in [0.1, 0.15) is 60.0 Å². The minimum absolute atomic E-state index is 0.0413. The van der Waals surface area contributed by atoms with E-state index in [-0.39, 0.29) is 18.0 Å². The number of anilines is 1. The SMILES string of the molecule is COC1CN(C(=O)NS2(=O)=NC(=O)c3ccc4c(c3)N(Cc3ccc(Cl)cc3CCCCO4)C[C@@H]3CC[C@H]3[C@@H](OC)/C=C/CCC2)C1. The van der Waals surface area contributed by atoms with Gasteiger partial charge >= 0.3 is 6.03 Å². The fraction of sp³-hybridized carbons (Fsp3) is 0.543. The van der Waals surface area contributed by atoms with Gasteiger partial charge in [-0.05, 0) is 98.2 Å². The van der Waals surface area contributed by atoms with E-state index in [1.54, 1.807) is 20.3 Å². The highest BCUT2D eigenvalue weighted by molar-refractivity contribution is 7.92. The summed E-state index contributed by atoms with van der Waals surface area (Å²) in [5, 5.41) is 0.717. The van der Waals surface area contributed by atoms with Crippen LogP contribution in [0.4, 0.5) is 10.5 Å². The summed E-state index contributed by atoms with van der Waals surface area (Å²) in [6.45, 7) is 2.68. The van der Waals surface area contributed by atoms with Gasteiger partial charge in [0.25, 0.3) is 5.91 Å². The molecule has 0 aromatic heterocycles. The summed E-state index contributed by atoms with van der Waals surface area (Å²) >= 11 is 6.44. The van der Waals surface area contributed by atoms with E-state index in [0.29, 0.717) is 62.2 Å². The van der Waals surface area contributed by atoms with Crippen molar-refractivity contribution in [1.82, 2.24) is 9.62 Å². The molecular weight excluding hydrogens is 640 g/mol. The number of halogens is 1. The van der Waals surface area contributed by atoms with Crippen LogP contribution in [0.3, 0.4) is 0 Å². The molecule has 1 unspecified atom stereocenters. The van der Waals surface area contributed by atoms with Crippen molar-refractivity contribution in [3.63, 3.8) is 0 Å². The Kier molecular flexibility index (Phi) is 10.8. The number of benzene rings is 2. The summed E-state index contributed by atoms with van der Waals surface area (Å²) in [6, 6.07) is 10.9. The third-order valence-corrected chi connectivity index (χ3v) is 11.9. The number of methoxy groups -OCH3 is 2. The highest BCUT2D eigenvalue weighted by Crippen LogP contribution is 2.42. The van der Waals surface area contributed by atoms with E-state index in [0.717, 1.165) is 49.4 Å². The Morgan fingerprint density at radius 3 is 2.66 bits per heavy atom. The van der Waals surface area contributed by atoms with Crippen LogP contribution in [-0.4, -0.2) is 79.5 Å². The molecule has 3 heterocycles. The maximum atomic E-state index is 14.2. The van der Waals surface area contributed by atoms with Crippen LogP contribution in [0.2, 0.25) is 5.02 Å². The summed E-state index contributed by atoms with van der Waals surface area (Å²) in [4.78, 5) is 30.6. The summed E-state index contributed by atoms with van der Waals surface area (Å²) in [6.07, 6.45) is 10.0. The molecule has 10 nitrogen and oxygen atoms in total. The van der Waals surface area contributed by atoms with Gasteiger partial charge in [-0.3, -0.25) is 9.52 Å². The van der Waals surface area contributed by atoms with Crippen molar-refractivity contribution >= 4 is 39.1 Å². The molecule has 2 bridgehead atoms. The Morgan fingerprint density at radius 2 is 1.89 bits per heavy atom. The second kappa shape index (κ2) is 15.0. The molecule has 254 valence electrons. The Morgan fingerprint density at radius 1 is 1.04 bits per heavy atom. The largest absolute Gasteiger partial charge is 0.491 e. The van der Waals surface area contributed by atoms with Crippen molar-refractivity contribution in [2.24, 2.45) is 16.2 Å². The van der Waals surface area contributed by atoms with Crippen molar-refractivity contribution < 1.29 is 28.0 Å². The predicted octanol–water partition coefficient (Wildman–Crippen LogP) is 6.02. The summed E-state index contributed by atoms with van der Waals surface area (Å²) < 4.78 is 38.6. The number of ether oxygens (including phenoxy) is 3. The quantitative estimate of drug-likeness (QED) is 0.394. The number of urea groups is 1. The molecule has 0 spiro atoms. The third-order valence-electron chi connectivity index (χ3n) is 9.86. The number of fused-ring (bicyclic) bond motifs is 3. The van der Waals surface area contributed by atoms with Crippen LogP contribution in [-0.2, 0) is 32.4 Å². The lowest BCUT2D eigenvalue weighted by atomic mass is 9.70. The first-order chi connectivity index (χ1) is 22.7. The number of nitrogens with zero attached hydrogens (tertiary/aromatic N) is 3. The topological polar surface area (TPSA) is 110 Å². The lowest BCUT2D eigenvalue weighted by molar-refractivity contribution is -0.00645. The second-order valence-electron chi connectivity index (χ2n) is 13.0. The molecule has 12 heteroatoms. The second-order valence-corrected chi connectivity index (χ2v) is 15.5. The van der Waals surface area contributed by atoms with E-state index < -0.39 is 21.9 Å². The van der Waals surface area contributed by atoms with E-state index >= 15 is 0 Å².